The summed E-state index contributed by atoms with van der Waals surface area (Å²) in [5.41, 5.74) is -0.177. The number of nitro groups is 1. The van der Waals surface area contributed by atoms with Crippen molar-refractivity contribution in [2.45, 2.75) is 0 Å². The van der Waals surface area contributed by atoms with Gasteiger partial charge in [0.25, 0.3) is 0 Å². The maximum Gasteiger partial charge on any atom is 0.569 e. The highest BCUT2D eigenvalue weighted by Crippen LogP contribution is 2.31. The molecule has 79 valence electrons. The molecule has 0 aromatic heterocycles. The molecule has 0 aliphatic rings. The van der Waals surface area contributed by atoms with Gasteiger partial charge in [-0.3, -0.25) is 10.1 Å². The van der Waals surface area contributed by atoms with Gasteiger partial charge in [0.15, 0.2) is 5.75 Å². The lowest BCUT2D eigenvalue weighted by atomic mass is 10.1. The Hall–Kier alpha value is -2.08. The summed E-state index contributed by atoms with van der Waals surface area (Å²) in [6.45, 7) is 0. The number of nitrogens with zero attached hydrogens (tertiary/aromatic N) is 1. The van der Waals surface area contributed by atoms with E-state index < -0.39 is 4.92 Å². The van der Waals surface area contributed by atoms with Crippen LogP contribution in [-0.2, 0) is 0 Å². The highest BCUT2D eigenvalue weighted by Gasteiger charge is 2.16. The second-order valence-corrected chi connectivity index (χ2v) is 3.15. The number of benzene rings is 2. The molecule has 2 aromatic rings. The molecule has 0 unspecified atom stereocenters. The zero-order chi connectivity index (χ0) is 11.5. The standard InChI is InChI=1S/C10H7BNO4/c13-11-16-10-6-8-4-2-1-3-7(8)5-9(10)12(14)15/h1-6,13H. The fourth-order valence-corrected chi connectivity index (χ4v) is 1.50. The Morgan fingerprint density at radius 1 is 1.25 bits per heavy atom. The quantitative estimate of drug-likeness (QED) is 0.480. The predicted molar refractivity (Wildman–Crippen MR) is 59.2 cm³/mol. The highest BCUT2D eigenvalue weighted by atomic mass is 16.6. The lowest BCUT2D eigenvalue weighted by Crippen LogP contribution is -2.02. The molecular formula is C10H7BNO4. The third-order valence-corrected chi connectivity index (χ3v) is 2.20. The summed E-state index contributed by atoms with van der Waals surface area (Å²) in [6, 6.07) is 10.1. The third-order valence-electron chi connectivity index (χ3n) is 2.20. The molecule has 0 aliphatic heterocycles. The second-order valence-electron chi connectivity index (χ2n) is 3.15. The minimum atomic E-state index is -0.550. The normalized spacial score (nSPS) is 10.1. The number of hydrogen-bond donors (Lipinski definition) is 1. The van der Waals surface area contributed by atoms with Crippen LogP contribution in [0.2, 0.25) is 0 Å². The van der Waals surface area contributed by atoms with Crippen molar-refractivity contribution >= 4 is 24.1 Å². The van der Waals surface area contributed by atoms with Crippen molar-refractivity contribution in [2.75, 3.05) is 0 Å². The summed E-state index contributed by atoms with van der Waals surface area (Å²) in [5, 5.41) is 20.9. The van der Waals surface area contributed by atoms with Gasteiger partial charge in [-0.1, -0.05) is 24.3 Å². The molecule has 2 aromatic carbocycles. The van der Waals surface area contributed by atoms with Crippen molar-refractivity contribution in [2.24, 2.45) is 0 Å². The van der Waals surface area contributed by atoms with E-state index in [4.69, 9.17) is 9.68 Å². The van der Waals surface area contributed by atoms with Gasteiger partial charge < -0.3 is 9.68 Å². The van der Waals surface area contributed by atoms with Gasteiger partial charge in [0.1, 0.15) is 0 Å². The zero-order valence-electron chi connectivity index (χ0n) is 8.16. The molecule has 0 fully saturated rings. The Morgan fingerprint density at radius 2 is 1.88 bits per heavy atom. The van der Waals surface area contributed by atoms with Gasteiger partial charge in [-0.25, -0.2) is 0 Å². The largest absolute Gasteiger partial charge is 0.569 e. The van der Waals surface area contributed by atoms with Crippen LogP contribution in [0.4, 0.5) is 5.69 Å². The molecule has 5 nitrogen and oxygen atoms in total. The van der Waals surface area contributed by atoms with Crippen LogP contribution in [0.3, 0.4) is 0 Å². The summed E-state index contributed by atoms with van der Waals surface area (Å²) in [4.78, 5) is 10.2. The Kier molecular flexibility index (Phi) is 2.74. The Balaban J connectivity index is 2.65. The number of fused-ring (bicyclic) bond motifs is 1. The van der Waals surface area contributed by atoms with E-state index in [1.807, 2.05) is 12.1 Å². The van der Waals surface area contributed by atoms with Crippen molar-refractivity contribution in [1.29, 1.82) is 0 Å². The molecule has 0 aliphatic carbocycles. The van der Waals surface area contributed by atoms with E-state index >= 15 is 0 Å². The first-order valence-corrected chi connectivity index (χ1v) is 4.52. The van der Waals surface area contributed by atoms with Crippen LogP contribution in [0.15, 0.2) is 36.4 Å². The molecule has 0 atom stereocenters. The van der Waals surface area contributed by atoms with E-state index in [9.17, 15) is 10.1 Å². The summed E-state index contributed by atoms with van der Waals surface area (Å²) in [6.07, 6.45) is 0. The smallest absolute Gasteiger partial charge is 0.533 e. The molecular weight excluding hydrogens is 209 g/mol. The predicted octanol–water partition coefficient (Wildman–Crippen LogP) is 1.65. The first-order chi connectivity index (χ1) is 7.72. The molecule has 0 saturated heterocycles. The third kappa shape index (κ3) is 1.83. The van der Waals surface area contributed by atoms with Crippen molar-refractivity contribution in [3.05, 3.63) is 46.5 Å². The lowest BCUT2D eigenvalue weighted by molar-refractivity contribution is -0.385. The monoisotopic (exact) mass is 216 g/mol. The van der Waals surface area contributed by atoms with E-state index in [0.29, 0.717) is 7.69 Å². The van der Waals surface area contributed by atoms with Crippen molar-refractivity contribution in [3.63, 3.8) is 0 Å². The van der Waals surface area contributed by atoms with Crippen LogP contribution in [0.1, 0.15) is 0 Å². The fourth-order valence-electron chi connectivity index (χ4n) is 1.50. The van der Waals surface area contributed by atoms with E-state index in [2.05, 4.69) is 0 Å². The van der Waals surface area contributed by atoms with Gasteiger partial charge in [0.2, 0.25) is 0 Å². The molecule has 0 heterocycles. The maximum atomic E-state index is 10.8. The minimum absolute atomic E-state index is 0.0196. The van der Waals surface area contributed by atoms with Gasteiger partial charge >= 0.3 is 13.4 Å². The van der Waals surface area contributed by atoms with Gasteiger partial charge in [-0.2, -0.15) is 0 Å². The summed E-state index contributed by atoms with van der Waals surface area (Å²) >= 11 is 0. The van der Waals surface area contributed by atoms with Crippen LogP contribution < -0.4 is 4.65 Å². The minimum Gasteiger partial charge on any atom is -0.533 e. The van der Waals surface area contributed by atoms with Gasteiger partial charge in [-0.15, -0.1) is 0 Å². The fraction of sp³-hybridized carbons (Fsp3) is 0. The Bertz CT molecular complexity index is 543. The average molecular weight is 216 g/mol. The Morgan fingerprint density at radius 3 is 2.44 bits per heavy atom. The second kappa shape index (κ2) is 4.20. The lowest BCUT2D eigenvalue weighted by Gasteiger charge is -2.04. The molecule has 1 N–H and O–H groups in total. The van der Waals surface area contributed by atoms with Crippen LogP contribution >= 0.6 is 0 Å². The molecule has 0 bridgehead atoms. The van der Waals surface area contributed by atoms with Crippen LogP contribution in [0.25, 0.3) is 10.8 Å². The number of nitro benzene ring substituents is 1. The molecule has 1 radical (unpaired) electrons. The van der Waals surface area contributed by atoms with E-state index in [1.165, 1.54) is 12.1 Å². The molecule has 2 rings (SSSR count). The van der Waals surface area contributed by atoms with E-state index in [-0.39, 0.29) is 11.4 Å². The highest BCUT2D eigenvalue weighted by molar-refractivity contribution is 6.17. The molecule has 0 saturated carbocycles. The molecule has 6 heteroatoms. The number of rotatable bonds is 3. The topological polar surface area (TPSA) is 72.6 Å². The first kappa shape index (κ1) is 10.4. The Labute approximate surface area is 91.7 Å². The first-order valence-electron chi connectivity index (χ1n) is 4.52. The van der Waals surface area contributed by atoms with Crippen molar-refractivity contribution < 1.29 is 14.6 Å². The summed E-state index contributed by atoms with van der Waals surface area (Å²) in [5.74, 6) is 0.0196. The van der Waals surface area contributed by atoms with Gasteiger partial charge in [0.05, 0.1) is 4.92 Å². The molecule has 0 spiro atoms. The van der Waals surface area contributed by atoms with E-state index in [0.717, 1.165) is 10.8 Å². The summed E-state index contributed by atoms with van der Waals surface area (Å²) in [7, 11) is 0.428. The summed E-state index contributed by atoms with van der Waals surface area (Å²) < 4.78 is 4.70. The van der Waals surface area contributed by atoms with Crippen molar-refractivity contribution in [3.8, 4) is 5.75 Å². The molecule has 0 amide bonds. The van der Waals surface area contributed by atoms with E-state index in [1.54, 1.807) is 12.1 Å². The zero-order valence-corrected chi connectivity index (χ0v) is 8.16. The molecule has 16 heavy (non-hydrogen) atoms. The maximum absolute atomic E-state index is 10.8. The number of hydrogen-bond acceptors (Lipinski definition) is 4. The van der Waals surface area contributed by atoms with Gasteiger partial charge in [-0.05, 0) is 16.8 Å². The van der Waals surface area contributed by atoms with Crippen LogP contribution in [0, 0.1) is 10.1 Å². The van der Waals surface area contributed by atoms with Crippen LogP contribution in [-0.4, -0.2) is 17.6 Å². The van der Waals surface area contributed by atoms with Crippen molar-refractivity contribution in [1.82, 2.24) is 0 Å². The SMILES string of the molecule is O=[N+]([O-])c1cc2ccccc2cc1O[B]O. The van der Waals surface area contributed by atoms with Gasteiger partial charge in [0, 0.05) is 6.07 Å². The average Bonchev–Trinajstić information content (AvgIpc) is 2.28. The van der Waals surface area contributed by atoms with Crippen LogP contribution in [0.5, 0.6) is 5.75 Å².